The number of hydrogen-bond donors (Lipinski definition) is 0. The van der Waals surface area contributed by atoms with Gasteiger partial charge in [0.05, 0.1) is 6.10 Å². The normalized spacial score (nSPS) is 19.0. The monoisotopic (exact) mass is 412 g/mol. The number of halogens is 2. The minimum atomic E-state index is -0.240. The number of benzene rings is 2. The second kappa shape index (κ2) is 11.4. The van der Waals surface area contributed by atoms with Crippen LogP contribution in [0.2, 0.25) is 0 Å². The molecule has 0 aromatic heterocycles. The van der Waals surface area contributed by atoms with E-state index in [9.17, 15) is 8.78 Å². The van der Waals surface area contributed by atoms with Crippen molar-refractivity contribution in [3.8, 4) is 11.1 Å². The van der Waals surface area contributed by atoms with Crippen LogP contribution in [-0.4, -0.2) is 12.7 Å². The third kappa shape index (κ3) is 6.01. The number of hydrogen-bond acceptors (Lipinski definition) is 1. The van der Waals surface area contributed by atoms with Gasteiger partial charge >= 0.3 is 0 Å². The quantitative estimate of drug-likeness (QED) is 0.284. The van der Waals surface area contributed by atoms with Gasteiger partial charge in [-0.2, -0.15) is 0 Å². The summed E-state index contributed by atoms with van der Waals surface area (Å²) in [5.41, 5.74) is 2.89. The third-order valence-electron chi connectivity index (χ3n) is 6.22. The predicted molar refractivity (Wildman–Crippen MR) is 121 cm³/mol. The van der Waals surface area contributed by atoms with Crippen LogP contribution >= 0.6 is 0 Å². The first-order chi connectivity index (χ1) is 14.6. The zero-order valence-electron chi connectivity index (χ0n) is 18.1. The summed E-state index contributed by atoms with van der Waals surface area (Å²) in [5.74, 6) is -0.181. The maximum Gasteiger partial charge on any atom is 0.127 e. The average Bonchev–Trinajstić information content (AvgIpc) is 2.76. The summed E-state index contributed by atoms with van der Waals surface area (Å²) >= 11 is 0. The van der Waals surface area contributed by atoms with Gasteiger partial charge in [0.1, 0.15) is 11.6 Å². The molecule has 1 aliphatic carbocycles. The minimum Gasteiger partial charge on any atom is -0.378 e. The molecule has 2 aromatic rings. The Bertz CT molecular complexity index is 822. The Balaban J connectivity index is 1.61. The molecule has 30 heavy (non-hydrogen) atoms. The molecule has 0 atom stereocenters. The van der Waals surface area contributed by atoms with Gasteiger partial charge in [-0.15, -0.1) is 6.58 Å². The molecule has 1 aliphatic rings. The lowest BCUT2D eigenvalue weighted by Gasteiger charge is -2.29. The molecule has 3 heteroatoms. The topological polar surface area (TPSA) is 9.23 Å². The van der Waals surface area contributed by atoms with E-state index in [0.717, 1.165) is 56.3 Å². The van der Waals surface area contributed by atoms with Gasteiger partial charge in [0.2, 0.25) is 0 Å². The highest BCUT2D eigenvalue weighted by Crippen LogP contribution is 2.36. The first kappa shape index (κ1) is 22.7. The van der Waals surface area contributed by atoms with Gasteiger partial charge in [-0.3, -0.25) is 0 Å². The van der Waals surface area contributed by atoms with Gasteiger partial charge < -0.3 is 4.74 Å². The second-order valence-electron chi connectivity index (χ2n) is 8.42. The molecular weight excluding hydrogens is 378 g/mol. The lowest BCUT2D eigenvalue weighted by atomic mass is 9.82. The molecule has 162 valence electrons. The maximum atomic E-state index is 14.9. The molecule has 1 nitrogen and oxygen atoms in total. The van der Waals surface area contributed by atoms with Gasteiger partial charge in [0.25, 0.3) is 0 Å². The van der Waals surface area contributed by atoms with Crippen molar-refractivity contribution >= 4 is 0 Å². The van der Waals surface area contributed by atoms with Crippen molar-refractivity contribution in [3.05, 3.63) is 71.8 Å². The average molecular weight is 413 g/mol. The molecular formula is C27H34F2O. The van der Waals surface area contributed by atoms with Gasteiger partial charge in [0, 0.05) is 6.61 Å². The molecule has 0 unspecified atom stereocenters. The lowest BCUT2D eigenvalue weighted by molar-refractivity contribution is 0.0225. The highest BCUT2D eigenvalue weighted by Gasteiger charge is 2.25. The van der Waals surface area contributed by atoms with Crippen molar-refractivity contribution in [2.75, 3.05) is 6.61 Å². The van der Waals surface area contributed by atoms with Crippen molar-refractivity contribution in [3.63, 3.8) is 0 Å². The van der Waals surface area contributed by atoms with Crippen LogP contribution in [0.15, 0.2) is 49.1 Å². The molecule has 0 N–H and O–H groups in total. The SMILES string of the molecule is C=CCCc1ccc(-c2ccc(C3CCC(OCCCCC)CC3)c(F)c2)cc1F. The van der Waals surface area contributed by atoms with Gasteiger partial charge in [-0.1, -0.05) is 50.1 Å². The zero-order valence-corrected chi connectivity index (χ0v) is 18.1. The Morgan fingerprint density at radius 2 is 1.67 bits per heavy atom. The molecule has 1 saturated carbocycles. The van der Waals surface area contributed by atoms with Crippen molar-refractivity contribution in [1.29, 1.82) is 0 Å². The summed E-state index contributed by atoms with van der Waals surface area (Å²) < 4.78 is 35.3. The van der Waals surface area contributed by atoms with E-state index >= 15 is 0 Å². The Labute approximate surface area is 180 Å². The summed E-state index contributed by atoms with van der Waals surface area (Å²) in [4.78, 5) is 0. The van der Waals surface area contributed by atoms with E-state index in [1.54, 1.807) is 18.2 Å². The van der Waals surface area contributed by atoms with Crippen LogP contribution in [0, 0.1) is 11.6 Å². The van der Waals surface area contributed by atoms with Crippen LogP contribution in [0.1, 0.15) is 75.3 Å². The Morgan fingerprint density at radius 3 is 2.30 bits per heavy atom. The van der Waals surface area contributed by atoms with E-state index in [1.807, 2.05) is 18.2 Å². The Morgan fingerprint density at radius 1 is 0.967 bits per heavy atom. The van der Waals surface area contributed by atoms with Crippen LogP contribution in [-0.2, 0) is 11.2 Å². The van der Waals surface area contributed by atoms with Crippen LogP contribution < -0.4 is 0 Å². The smallest absolute Gasteiger partial charge is 0.127 e. The summed E-state index contributed by atoms with van der Waals surface area (Å²) in [6, 6.07) is 10.5. The molecule has 0 bridgehead atoms. The number of unbranched alkanes of at least 4 members (excludes halogenated alkanes) is 2. The number of ether oxygens (including phenoxy) is 1. The molecule has 2 aromatic carbocycles. The van der Waals surface area contributed by atoms with Gasteiger partial charge in [0.15, 0.2) is 0 Å². The van der Waals surface area contributed by atoms with E-state index < -0.39 is 0 Å². The molecule has 0 heterocycles. The molecule has 0 saturated heterocycles. The third-order valence-corrected chi connectivity index (χ3v) is 6.22. The number of rotatable bonds is 10. The molecule has 3 rings (SSSR count). The zero-order chi connectivity index (χ0) is 21.3. The van der Waals surface area contributed by atoms with Gasteiger partial charge in [-0.25, -0.2) is 8.78 Å². The number of allylic oxidation sites excluding steroid dienone is 1. The standard InChI is InChI=1S/C27H34F2O/c1-3-5-7-17-30-24-14-11-20(12-15-24)25-16-13-23(19-27(25)29)22-10-9-21(8-6-4-2)26(28)18-22/h4,9-10,13,16,18-20,24H,2-3,5-8,11-12,14-15,17H2,1H3. The molecule has 0 radical (unpaired) electrons. The van der Waals surface area contributed by atoms with Crippen LogP contribution in [0.25, 0.3) is 11.1 Å². The van der Waals surface area contributed by atoms with Crippen molar-refractivity contribution in [1.82, 2.24) is 0 Å². The molecule has 0 amide bonds. The van der Waals surface area contributed by atoms with Crippen LogP contribution in [0.5, 0.6) is 0 Å². The molecule has 1 fully saturated rings. The van der Waals surface area contributed by atoms with Crippen molar-refractivity contribution < 1.29 is 13.5 Å². The van der Waals surface area contributed by atoms with Crippen LogP contribution in [0.3, 0.4) is 0 Å². The summed E-state index contributed by atoms with van der Waals surface area (Å²) in [6.45, 7) is 6.72. The fraction of sp³-hybridized carbons (Fsp3) is 0.481. The fourth-order valence-electron chi connectivity index (χ4n) is 4.37. The highest BCUT2D eigenvalue weighted by atomic mass is 19.1. The van der Waals surface area contributed by atoms with E-state index in [0.29, 0.717) is 23.7 Å². The summed E-state index contributed by atoms with van der Waals surface area (Å²) in [5, 5.41) is 0. The van der Waals surface area contributed by atoms with E-state index in [1.165, 1.54) is 18.9 Å². The minimum absolute atomic E-state index is 0.184. The van der Waals surface area contributed by atoms with Crippen molar-refractivity contribution in [2.24, 2.45) is 0 Å². The number of aryl methyl sites for hydroxylation is 1. The fourth-order valence-corrected chi connectivity index (χ4v) is 4.37. The first-order valence-electron chi connectivity index (χ1n) is 11.4. The van der Waals surface area contributed by atoms with Gasteiger partial charge in [-0.05, 0) is 85.3 Å². The summed E-state index contributed by atoms with van der Waals surface area (Å²) in [7, 11) is 0. The summed E-state index contributed by atoms with van der Waals surface area (Å²) in [6.07, 6.45) is 10.9. The Kier molecular flexibility index (Phi) is 8.62. The van der Waals surface area contributed by atoms with Crippen molar-refractivity contribution in [2.45, 2.75) is 76.7 Å². The van der Waals surface area contributed by atoms with Crippen LogP contribution in [0.4, 0.5) is 8.78 Å². The van der Waals surface area contributed by atoms with E-state index in [-0.39, 0.29) is 17.6 Å². The predicted octanol–water partition coefficient (Wildman–Crippen LogP) is 7.98. The second-order valence-corrected chi connectivity index (χ2v) is 8.42. The molecule has 0 aliphatic heterocycles. The van der Waals surface area contributed by atoms with E-state index in [4.69, 9.17) is 4.74 Å². The molecule has 0 spiro atoms. The lowest BCUT2D eigenvalue weighted by Crippen LogP contribution is -2.21. The van der Waals surface area contributed by atoms with E-state index in [2.05, 4.69) is 13.5 Å². The largest absolute Gasteiger partial charge is 0.378 e. The Hall–Kier alpha value is -2.00. The maximum absolute atomic E-state index is 14.9. The highest BCUT2D eigenvalue weighted by molar-refractivity contribution is 5.64. The first-order valence-corrected chi connectivity index (χ1v) is 11.4.